The summed E-state index contributed by atoms with van der Waals surface area (Å²) in [5.41, 5.74) is 5.30. The molecule has 2 heterocycles. The number of rotatable bonds is 3. The minimum atomic E-state index is -1.04. The molecule has 112 valence electrons. The number of hydrogen-bond donors (Lipinski definition) is 2. The molecule has 2 aliphatic rings. The molecule has 4 atom stereocenters. The van der Waals surface area contributed by atoms with Crippen LogP contribution in [0, 0.1) is 5.92 Å². The summed E-state index contributed by atoms with van der Waals surface area (Å²) in [7, 11) is 0. The van der Waals surface area contributed by atoms with Crippen molar-refractivity contribution in [2.45, 2.75) is 50.9 Å². The Morgan fingerprint density at radius 1 is 1.15 bits per heavy atom. The topological polar surface area (TPSA) is 110 Å². The molecule has 0 aromatic heterocycles. The zero-order valence-corrected chi connectivity index (χ0v) is 11.4. The third kappa shape index (κ3) is 2.92. The van der Waals surface area contributed by atoms with Crippen LogP contribution in [0.15, 0.2) is 0 Å². The molecule has 3 N–H and O–H groups in total. The Bertz CT molecular complexity index is 425. The predicted octanol–water partition coefficient (Wildman–Crippen LogP) is -0.269. The smallest absolute Gasteiger partial charge is 0.332 e. The van der Waals surface area contributed by atoms with Gasteiger partial charge in [-0.2, -0.15) is 0 Å². The number of aliphatic carboxylic acids is 1. The Balaban J connectivity index is 2.00. The number of ether oxygens (including phenoxy) is 1. The molecule has 2 unspecified atom stereocenters. The van der Waals surface area contributed by atoms with Gasteiger partial charge >= 0.3 is 5.97 Å². The van der Waals surface area contributed by atoms with Gasteiger partial charge in [-0.25, -0.2) is 4.79 Å². The van der Waals surface area contributed by atoms with E-state index in [1.165, 1.54) is 0 Å². The van der Waals surface area contributed by atoms with Gasteiger partial charge in [0.1, 0.15) is 6.10 Å². The van der Waals surface area contributed by atoms with Gasteiger partial charge < -0.3 is 20.5 Å². The fourth-order valence-corrected chi connectivity index (χ4v) is 2.83. The molecule has 2 rings (SSSR count). The number of carbonyl (C=O) groups is 3. The maximum Gasteiger partial charge on any atom is 0.332 e. The second kappa shape index (κ2) is 5.78. The summed E-state index contributed by atoms with van der Waals surface area (Å²) >= 11 is 0. The average Bonchev–Trinajstić information content (AvgIpc) is 2.88. The Labute approximate surface area is 117 Å². The highest BCUT2D eigenvalue weighted by Crippen LogP contribution is 2.27. The highest BCUT2D eigenvalue weighted by molar-refractivity contribution is 5.84. The van der Waals surface area contributed by atoms with E-state index >= 15 is 0 Å². The molecule has 7 nitrogen and oxygen atoms in total. The highest BCUT2D eigenvalue weighted by Gasteiger charge is 2.40. The van der Waals surface area contributed by atoms with E-state index in [-0.39, 0.29) is 17.9 Å². The summed E-state index contributed by atoms with van der Waals surface area (Å²) in [6, 6.07) is 0.0191. The van der Waals surface area contributed by atoms with E-state index in [1.54, 1.807) is 4.90 Å². The molecule has 2 amide bonds. The number of carboxylic acid groups (broad SMARTS) is 1. The highest BCUT2D eigenvalue weighted by atomic mass is 16.5. The molecule has 7 heteroatoms. The van der Waals surface area contributed by atoms with Crippen molar-refractivity contribution < 1.29 is 24.2 Å². The van der Waals surface area contributed by atoms with Crippen LogP contribution < -0.4 is 5.73 Å². The lowest BCUT2D eigenvalue weighted by Gasteiger charge is -2.38. The van der Waals surface area contributed by atoms with Crippen LogP contribution in [-0.4, -0.2) is 52.6 Å². The third-order valence-corrected chi connectivity index (χ3v) is 4.14. The second-order valence-electron chi connectivity index (χ2n) is 5.55. The number of piperidine rings is 1. The Kier molecular flexibility index (Phi) is 4.27. The first-order valence-corrected chi connectivity index (χ1v) is 6.88. The SMILES string of the molecule is CC1CCC(C(N)=O)CN1C(=O)[C@@H]1CC[C@H](C(=O)O)O1. The van der Waals surface area contributed by atoms with E-state index in [1.807, 2.05) is 6.92 Å². The van der Waals surface area contributed by atoms with Crippen molar-refractivity contribution in [2.75, 3.05) is 6.54 Å². The van der Waals surface area contributed by atoms with Crippen LogP contribution in [0.4, 0.5) is 0 Å². The van der Waals surface area contributed by atoms with Gasteiger partial charge in [-0.15, -0.1) is 0 Å². The molecule has 0 aliphatic carbocycles. The maximum atomic E-state index is 12.4. The molecule has 2 aliphatic heterocycles. The van der Waals surface area contributed by atoms with Crippen LogP contribution in [-0.2, 0) is 19.1 Å². The number of primary amides is 1. The zero-order valence-electron chi connectivity index (χ0n) is 11.4. The molecule has 0 saturated carbocycles. The van der Waals surface area contributed by atoms with Gasteiger partial charge in [0, 0.05) is 12.6 Å². The normalized spacial score (nSPS) is 34.0. The first kappa shape index (κ1) is 14.8. The summed E-state index contributed by atoms with van der Waals surface area (Å²) < 4.78 is 5.27. The van der Waals surface area contributed by atoms with E-state index in [0.717, 1.165) is 0 Å². The van der Waals surface area contributed by atoms with Gasteiger partial charge in [-0.3, -0.25) is 9.59 Å². The molecule has 2 saturated heterocycles. The number of hydrogen-bond acceptors (Lipinski definition) is 4. The van der Waals surface area contributed by atoms with Crippen molar-refractivity contribution in [1.29, 1.82) is 0 Å². The van der Waals surface area contributed by atoms with E-state index in [2.05, 4.69) is 0 Å². The number of carbonyl (C=O) groups excluding carboxylic acids is 2. The van der Waals surface area contributed by atoms with Crippen molar-refractivity contribution in [3.8, 4) is 0 Å². The van der Waals surface area contributed by atoms with Crippen LogP contribution in [0.3, 0.4) is 0 Å². The predicted molar refractivity (Wildman–Crippen MR) is 68.6 cm³/mol. The van der Waals surface area contributed by atoms with Gasteiger partial charge in [-0.05, 0) is 32.6 Å². The Morgan fingerprint density at radius 3 is 2.35 bits per heavy atom. The molecule has 0 radical (unpaired) electrons. The number of nitrogens with zero attached hydrogens (tertiary/aromatic N) is 1. The third-order valence-electron chi connectivity index (χ3n) is 4.14. The zero-order chi connectivity index (χ0) is 14.9. The Hall–Kier alpha value is -1.63. The van der Waals surface area contributed by atoms with Crippen molar-refractivity contribution in [1.82, 2.24) is 4.90 Å². The summed E-state index contributed by atoms with van der Waals surface area (Å²) in [5, 5.41) is 8.88. The van der Waals surface area contributed by atoms with Gasteiger partial charge in [0.15, 0.2) is 6.10 Å². The lowest BCUT2D eigenvalue weighted by Crippen LogP contribution is -2.51. The van der Waals surface area contributed by atoms with Crippen LogP contribution in [0.2, 0.25) is 0 Å². The van der Waals surface area contributed by atoms with E-state index in [4.69, 9.17) is 15.6 Å². The fourth-order valence-electron chi connectivity index (χ4n) is 2.83. The molecule has 0 spiro atoms. The standard InChI is InChI=1S/C13H20N2O5/c1-7-2-3-8(11(14)16)6-15(7)12(17)9-4-5-10(20-9)13(18)19/h7-10H,2-6H2,1H3,(H2,14,16)(H,18,19)/t7?,8?,9-,10+/m0/s1. The van der Waals surface area contributed by atoms with Crippen molar-refractivity contribution in [2.24, 2.45) is 11.7 Å². The van der Waals surface area contributed by atoms with Crippen LogP contribution in [0.5, 0.6) is 0 Å². The van der Waals surface area contributed by atoms with Crippen LogP contribution >= 0.6 is 0 Å². The second-order valence-corrected chi connectivity index (χ2v) is 5.55. The fraction of sp³-hybridized carbons (Fsp3) is 0.769. The monoisotopic (exact) mass is 284 g/mol. The summed E-state index contributed by atoms with van der Waals surface area (Å²) in [5.74, 6) is -1.99. The number of likely N-dealkylation sites (tertiary alicyclic amines) is 1. The molecule has 0 aromatic carbocycles. The molecular formula is C13H20N2O5. The minimum absolute atomic E-state index is 0.0191. The first-order chi connectivity index (χ1) is 9.40. The van der Waals surface area contributed by atoms with Crippen molar-refractivity contribution in [3.63, 3.8) is 0 Å². The van der Waals surface area contributed by atoms with Gasteiger partial charge in [0.05, 0.1) is 5.92 Å². The van der Waals surface area contributed by atoms with E-state index in [9.17, 15) is 14.4 Å². The number of nitrogens with two attached hydrogens (primary N) is 1. The van der Waals surface area contributed by atoms with E-state index in [0.29, 0.717) is 32.2 Å². The quantitative estimate of drug-likeness (QED) is 0.741. The first-order valence-electron chi connectivity index (χ1n) is 6.88. The largest absolute Gasteiger partial charge is 0.479 e. The molecule has 0 bridgehead atoms. The minimum Gasteiger partial charge on any atom is -0.479 e. The van der Waals surface area contributed by atoms with E-state index < -0.39 is 24.1 Å². The molecular weight excluding hydrogens is 264 g/mol. The van der Waals surface area contributed by atoms with Gasteiger partial charge in [-0.1, -0.05) is 0 Å². The van der Waals surface area contributed by atoms with Crippen LogP contribution in [0.1, 0.15) is 32.6 Å². The summed E-state index contributed by atoms with van der Waals surface area (Å²) in [4.78, 5) is 36.1. The van der Waals surface area contributed by atoms with Crippen molar-refractivity contribution in [3.05, 3.63) is 0 Å². The van der Waals surface area contributed by atoms with Crippen molar-refractivity contribution >= 4 is 17.8 Å². The summed E-state index contributed by atoms with van der Waals surface area (Å²) in [6.45, 7) is 2.21. The lowest BCUT2D eigenvalue weighted by atomic mass is 9.92. The maximum absolute atomic E-state index is 12.4. The lowest BCUT2D eigenvalue weighted by molar-refractivity contribution is -0.156. The number of amides is 2. The van der Waals surface area contributed by atoms with Crippen LogP contribution in [0.25, 0.3) is 0 Å². The van der Waals surface area contributed by atoms with Gasteiger partial charge in [0.25, 0.3) is 5.91 Å². The Morgan fingerprint density at radius 2 is 1.80 bits per heavy atom. The molecule has 0 aromatic rings. The molecule has 2 fully saturated rings. The number of carboxylic acids is 1. The summed E-state index contributed by atoms with van der Waals surface area (Å²) in [6.07, 6.45) is 0.520. The van der Waals surface area contributed by atoms with Gasteiger partial charge in [0.2, 0.25) is 5.91 Å². The average molecular weight is 284 g/mol. The molecule has 20 heavy (non-hydrogen) atoms.